The fourth-order valence-corrected chi connectivity index (χ4v) is 9.61. The van der Waals surface area contributed by atoms with E-state index in [9.17, 15) is 19.5 Å². The molecule has 3 aromatic rings. The number of imidazole rings is 1. The maximum absolute atomic E-state index is 16.3. The summed E-state index contributed by atoms with van der Waals surface area (Å²) in [5.41, 5.74) is 0.593. The van der Waals surface area contributed by atoms with Crippen molar-refractivity contribution in [2.45, 2.75) is 108 Å². The lowest BCUT2D eigenvalue weighted by Crippen LogP contribution is -2.49. The Morgan fingerprint density at radius 1 is 1.16 bits per heavy atom. The SMILES string of the molecule is C#C[C@@H]1O[C@H](CC)[C@@H](O[Si](C)(C)C(C)(C)C)[C@H]1OP(=S)(OCCC#N)OC[C@H]1O[C@@H](n2cnc3c(NC(=O)c4ccccc4)ncnc32)[C@H](F)[C@@H]1O[P+](=O)O. The molecule has 2 N–H and O–H groups in total. The maximum Gasteiger partial charge on any atom is 0.695 e. The quantitative estimate of drug-likeness (QED) is 0.0725. The average molecular weight is 838 g/mol. The van der Waals surface area contributed by atoms with E-state index in [0.717, 1.165) is 6.33 Å². The topological polar surface area (TPSA) is 198 Å². The number of nitrogens with one attached hydrogen (secondary N) is 1. The number of nitrogens with zero attached hydrogens (tertiary/aromatic N) is 5. The lowest BCUT2D eigenvalue weighted by Gasteiger charge is -2.41. The number of fused-ring (bicyclic) bond motifs is 1. The number of carbonyl (C=O) groups is 1. The number of aromatic nitrogens is 4. The summed E-state index contributed by atoms with van der Waals surface area (Å²) in [6, 6.07) is 10.4. The number of anilines is 1. The van der Waals surface area contributed by atoms with Crippen molar-refractivity contribution < 1.29 is 50.6 Å². The van der Waals surface area contributed by atoms with Gasteiger partial charge < -0.3 is 28.3 Å². The molecule has 296 valence electrons. The molecule has 2 aliphatic heterocycles. The largest absolute Gasteiger partial charge is 0.695 e. The van der Waals surface area contributed by atoms with Crippen LogP contribution < -0.4 is 5.32 Å². The van der Waals surface area contributed by atoms with Crippen molar-refractivity contribution in [3.63, 3.8) is 0 Å². The van der Waals surface area contributed by atoms with Crippen LogP contribution in [0.15, 0.2) is 43.0 Å². The van der Waals surface area contributed by atoms with Crippen molar-refractivity contribution in [3.05, 3.63) is 48.5 Å². The van der Waals surface area contributed by atoms with Crippen molar-refractivity contribution >= 4 is 58.0 Å². The van der Waals surface area contributed by atoms with Crippen LogP contribution in [0.4, 0.5) is 10.2 Å². The number of hydrogen-bond donors (Lipinski definition) is 2. The predicted octanol–water partition coefficient (Wildman–Crippen LogP) is 6.11. The molecule has 2 saturated heterocycles. The minimum absolute atomic E-state index is 0.0546. The van der Waals surface area contributed by atoms with Crippen LogP contribution in [0.3, 0.4) is 0 Å². The van der Waals surface area contributed by atoms with Gasteiger partial charge in [-0.2, -0.15) is 5.26 Å². The molecule has 2 aliphatic rings. The first-order valence-electron chi connectivity index (χ1n) is 17.4. The molecule has 5 rings (SSSR count). The summed E-state index contributed by atoms with van der Waals surface area (Å²) in [6.45, 7) is 7.82. The van der Waals surface area contributed by atoms with Crippen LogP contribution in [0.2, 0.25) is 18.1 Å². The third-order valence-electron chi connectivity index (χ3n) is 9.60. The summed E-state index contributed by atoms with van der Waals surface area (Å²) in [5.74, 6) is 2.22. The lowest BCUT2D eigenvalue weighted by atomic mass is 10.1. The Bertz CT molecular complexity index is 1980. The van der Waals surface area contributed by atoms with Gasteiger partial charge in [-0.1, -0.05) is 51.8 Å². The average Bonchev–Trinajstić information content (AvgIpc) is 3.80. The van der Waals surface area contributed by atoms with Gasteiger partial charge in [0.25, 0.3) is 5.91 Å². The second kappa shape index (κ2) is 18.0. The highest BCUT2D eigenvalue weighted by atomic mass is 32.5. The van der Waals surface area contributed by atoms with E-state index in [4.69, 9.17) is 50.2 Å². The molecule has 55 heavy (non-hydrogen) atoms. The number of ether oxygens (including phenoxy) is 2. The molecular weight excluding hydrogens is 794 g/mol. The zero-order valence-corrected chi connectivity index (χ0v) is 34.7. The Kier molecular flexibility index (Phi) is 14.1. The number of halogens is 1. The highest BCUT2D eigenvalue weighted by Crippen LogP contribution is 2.55. The van der Waals surface area contributed by atoms with Crippen molar-refractivity contribution in [1.82, 2.24) is 19.5 Å². The molecule has 2 aromatic heterocycles. The molecule has 1 aromatic carbocycles. The van der Waals surface area contributed by atoms with Gasteiger partial charge in [0.15, 0.2) is 43.8 Å². The standard InChI is InChI=1S/C34H43FN6O10P2SSi/c1-8-22-28(29(23(9-2)47-22)51-55(6,7)34(3,4)5)50-53(54,45-17-13-16-36)46-18-24-27(49-52(43)44)25(35)33(48-24)41-20-39-26-30(37-19-38-31(26)41)40-32(42)21-14-11-10-12-15-21/h1,10-12,14-15,19-20,22-25,27-29,33H,9,13,17-18H2,2-7H3,(H-,37,38,40,42,43,44)/p+1/t22-,23+,24+,25+,27+,28-,29+,33+,53?/m0/s1. The summed E-state index contributed by atoms with van der Waals surface area (Å²) in [6.07, 6.45) is -0.663. The Labute approximate surface area is 325 Å². The first-order chi connectivity index (χ1) is 26.0. The van der Waals surface area contributed by atoms with Crippen LogP contribution in [0, 0.1) is 23.7 Å². The Morgan fingerprint density at radius 3 is 2.53 bits per heavy atom. The third kappa shape index (κ3) is 9.88. The van der Waals surface area contributed by atoms with Crippen LogP contribution in [0.1, 0.15) is 57.1 Å². The van der Waals surface area contributed by atoms with Crippen LogP contribution in [-0.4, -0.2) is 94.6 Å². The van der Waals surface area contributed by atoms with Crippen LogP contribution >= 0.6 is 15.0 Å². The fraction of sp³-hybridized carbons (Fsp3) is 0.559. The van der Waals surface area contributed by atoms with Gasteiger partial charge in [0.05, 0.1) is 38.1 Å². The minimum atomic E-state index is -3.86. The molecule has 0 saturated carbocycles. The van der Waals surface area contributed by atoms with E-state index in [2.05, 4.69) is 60.1 Å². The summed E-state index contributed by atoms with van der Waals surface area (Å²) in [7, 11) is -5.72. The van der Waals surface area contributed by atoms with Gasteiger partial charge in [-0.3, -0.25) is 13.9 Å². The molecular formula is C34H44FN6O10P2SSi+. The number of carbonyl (C=O) groups excluding carboxylic acids is 1. The van der Waals surface area contributed by atoms with E-state index in [-0.39, 0.29) is 35.0 Å². The first kappa shape index (κ1) is 43.0. The Balaban J connectivity index is 1.40. The summed E-state index contributed by atoms with van der Waals surface area (Å²) < 4.78 is 72.0. The maximum atomic E-state index is 16.3. The Hall–Kier alpha value is -3.13. The number of terminal acetylenes is 1. The number of benzene rings is 1. The van der Waals surface area contributed by atoms with E-state index in [1.165, 1.54) is 10.9 Å². The van der Waals surface area contributed by atoms with E-state index >= 15 is 4.39 Å². The number of rotatable bonds is 16. The summed E-state index contributed by atoms with van der Waals surface area (Å²) >= 11 is 5.85. The monoisotopic (exact) mass is 837 g/mol. The molecule has 0 bridgehead atoms. The van der Waals surface area contributed by atoms with Gasteiger partial charge >= 0.3 is 15.0 Å². The van der Waals surface area contributed by atoms with Gasteiger partial charge in [-0.05, 0) is 48.5 Å². The predicted molar refractivity (Wildman–Crippen MR) is 204 cm³/mol. The minimum Gasteiger partial charge on any atom is -0.408 e. The second-order valence-corrected chi connectivity index (χ2v) is 22.7. The van der Waals surface area contributed by atoms with E-state index in [0.29, 0.717) is 12.0 Å². The highest BCUT2D eigenvalue weighted by molar-refractivity contribution is 8.07. The number of hydrogen-bond acceptors (Lipinski definition) is 14. The zero-order chi connectivity index (χ0) is 40.1. The van der Waals surface area contributed by atoms with Crippen molar-refractivity contribution in [1.29, 1.82) is 5.26 Å². The van der Waals surface area contributed by atoms with E-state index in [1.807, 2.05) is 13.0 Å². The van der Waals surface area contributed by atoms with Gasteiger partial charge in [0.1, 0.15) is 30.7 Å². The smallest absolute Gasteiger partial charge is 0.408 e. The number of alkyl halides is 1. The molecule has 2 fully saturated rings. The fourth-order valence-electron chi connectivity index (χ4n) is 5.76. The first-order valence-corrected chi connectivity index (χ1v) is 24.0. The molecule has 21 heteroatoms. The molecule has 2 unspecified atom stereocenters. The van der Waals surface area contributed by atoms with Crippen molar-refractivity contribution in [2.24, 2.45) is 0 Å². The van der Waals surface area contributed by atoms with Crippen LogP contribution in [-0.2, 0) is 48.4 Å². The molecule has 0 aliphatic carbocycles. The molecule has 10 atom stereocenters. The van der Waals surface area contributed by atoms with E-state index in [1.54, 1.807) is 30.3 Å². The zero-order valence-electron chi connectivity index (χ0n) is 31.1. The molecule has 0 spiro atoms. The van der Waals surface area contributed by atoms with Gasteiger partial charge in [-0.15, -0.1) is 15.8 Å². The van der Waals surface area contributed by atoms with Crippen LogP contribution in [0.25, 0.3) is 11.2 Å². The lowest BCUT2D eigenvalue weighted by molar-refractivity contribution is -0.0457. The van der Waals surface area contributed by atoms with Crippen LogP contribution in [0.5, 0.6) is 0 Å². The summed E-state index contributed by atoms with van der Waals surface area (Å²) in [4.78, 5) is 35.2. The van der Waals surface area contributed by atoms with Gasteiger partial charge in [0.2, 0.25) is 0 Å². The highest BCUT2D eigenvalue weighted by Gasteiger charge is 2.54. The summed E-state index contributed by atoms with van der Waals surface area (Å²) in [5, 5.41) is 11.7. The Morgan fingerprint density at radius 2 is 1.89 bits per heavy atom. The number of amides is 1. The molecule has 1 amide bonds. The van der Waals surface area contributed by atoms with Gasteiger partial charge in [0, 0.05) is 10.1 Å². The van der Waals surface area contributed by atoms with Gasteiger partial charge in [-0.25, -0.2) is 19.3 Å². The molecule has 0 radical (unpaired) electrons. The van der Waals surface area contributed by atoms with Crippen molar-refractivity contribution in [2.75, 3.05) is 18.5 Å². The second-order valence-electron chi connectivity index (χ2n) is 14.3. The van der Waals surface area contributed by atoms with Crippen molar-refractivity contribution in [3.8, 4) is 18.4 Å². The number of nitriles is 1. The van der Waals surface area contributed by atoms with E-state index < -0.39 is 84.8 Å². The molecule has 16 nitrogen and oxygen atoms in total. The molecule has 4 heterocycles. The third-order valence-corrected chi connectivity index (χ3v) is 16.9. The normalized spacial score (nSPS) is 27.0.